The number of ether oxygens (including phenoxy) is 1. The van der Waals surface area contributed by atoms with Crippen molar-refractivity contribution in [1.29, 1.82) is 0 Å². The summed E-state index contributed by atoms with van der Waals surface area (Å²) in [5, 5.41) is 8.53. The van der Waals surface area contributed by atoms with Crippen LogP contribution in [0.2, 0.25) is 0 Å². The zero-order valence-corrected chi connectivity index (χ0v) is 8.42. The minimum atomic E-state index is -3.67. The van der Waals surface area contributed by atoms with E-state index >= 15 is 0 Å². The monoisotopic (exact) mass is 222 g/mol. The molecule has 0 rings (SSSR count). The second-order valence-electron chi connectivity index (χ2n) is 2.68. The highest BCUT2D eigenvalue weighted by atomic mass is 19.3. The van der Waals surface area contributed by atoms with E-state index in [1.54, 1.807) is 6.92 Å². The molecule has 0 aromatic carbocycles. The topological polar surface area (TPSA) is 63.6 Å². The standard InChI is InChI=1S/C9H12F2O4/c1-3-9(10,11)7(12)6(8(13)14)5-15-4-2/h5H,3-4H2,1-2H3,(H,13,14). The van der Waals surface area contributed by atoms with Crippen LogP contribution in [0.3, 0.4) is 0 Å². The molecule has 0 aliphatic heterocycles. The third-order valence-electron chi connectivity index (χ3n) is 1.62. The van der Waals surface area contributed by atoms with Gasteiger partial charge in [0.25, 0.3) is 0 Å². The molecular weight excluding hydrogens is 210 g/mol. The molecule has 86 valence electrons. The van der Waals surface area contributed by atoms with Gasteiger partial charge in [-0.25, -0.2) is 4.79 Å². The molecular formula is C9H12F2O4. The van der Waals surface area contributed by atoms with Crippen molar-refractivity contribution in [2.24, 2.45) is 0 Å². The first-order chi connectivity index (χ1) is 6.86. The molecule has 0 radical (unpaired) electrons. The van der Waals surface area contributed by atoms with Gasteiger partial charge >= 0.3 is 11.9 Å². The maximum absolute atomic E-state index is 12.9. The molecule has 0 aliphatic rings. The zero-order valence-electron chi connectivity index (χ0n) is 8.42. The zero-order chi connectivity index (χ0) is 12.1. The molecule has 0 saturated heterocycles. The molecule has 1 N–H and O–H groups in total. The van der Waals surface area contributed by atoms with Gasteiger partial charge in [-0.05, 0) is 6.92 Å². The molecule has 0 spiro atoms. The minimum absolute atomic E-state index is 0.0990. The second-order valence-corrected chi connectivity index (χ2v) is 2.68. The highest BCUT2D eigenvalue weighted by molar-refractivity contribution is 6.19. The van der Waals surface area contributed by atoms with E-state index in [0.717, 1.165) is 6.92 Å². The average molecular weight is 222 g/mol. The molecule has 0 heterocycles. The smallest absolute Gasteiger partial charge is 0.342 e. The maximum atomic E-state index is 12.9. The van der Waals surface area contributed by atoms with Crippen LogP contribution in [0, 0.1) is 0 Å². The van der Waals surface area contributed by atoms with Crippen molar-refractivity contribution < 1.29 is 28.2 Å². The van der Waals surface area contributed by atoms with Crippen LogP contribution in [0.15, 0.2) is 11.8 Å². The van der Waals surface area contributed by atoms with Crippen LogP contribution in [-0.4, -0.2) is 29.4 Å². The number of halogens is 2. The largest absolute Gasteiger partial charge is 0.500 e. The predicted molar refractivity (Wildman–Crippen MR) is 47.6 cm³/mol. The molecule has 0 aromatic heterocycles. The van der Waals surface area contributed by atoms with Crippen molar-refractivity contribution in [1.82, 2.24) is 0 Å². The quantitative estimate of drug-likeness (QED) is 0.321. The van der Waals surface area contributed by atoms with Crippen molar-refractivity contribution in [2.45, 2.75) is 26.2 Å². The fourth-order valence-corrected chi connectivity index (χ4v) is 0.725. The summed E-state index contributed by atoms with van der Waals surface area (Å²) in [4.78, 5) is 21.6. The van der Waals surface area contributed by atoms with Gasteiger partial charge in [-0.3, -0.25) is 4.79 Å². The van der Waals surface area contributed by atoms with Crippen molar-refractivity contribution >= 4 is 11.8 Å². The van der Waals surface area contributed by atoms with Crippen LogP contribution in [0.4, 0.5) is 8.78 Å². The normalized spacial score (nSPS) is 12.4. The lowest BCUT2D eigenvalue weighted by molar-refractivity contribution is -0.144. The molecule has 0 aromatic rings. The van der Waals surface area contributed by atoms with E-state index in [1.165, 1.54) is 0 Å². The maximum Gasteiger partial charge on any atom is 0.342 e. The van der Waals surface area contributed by atoms with Crippen molar-refractivity contribution in [3.8, 4) is 0 Å². The summed E-state index contributed by atoms with van der Waals surface area (Å²) in [6.45, 7) is 2.73. The van der Waals surface area contributed by atoms with E-state index in [9.17, 15) is 18.4 Å². The Kier molecular flexibility index (Phi) is 4.90. The number of Topliss-reactive ketones (excluding diaryl/α,β-unsaturated/α-hetero) is 1. The third-order valence-corrected chi connectivity index (χ3v) is 1.62. The molecule has 0 atom stereocenters. The number of hydrogen-bond donors (Lipinski definition) is 1. The van der Waals surface area contributed by atoms with Gasteiger partial charge in [0, 0.05) is 6.42 Å². The Balaban J connectivity index is 4.95. The van der Waals surface area contributed by atoms with Crippen LogP contribution >= 0.6 is 0 Å². The summed E-state index contributed by atoms with van der Waals surface area (Å²) in [7, 11) is 0. The summed E-state index contributed by atoms with van der Waals surface area (Å²) in [5.74, 6) is -7.12. The minimum Gasteiger partial charge on any atom is -0.500 e. The van der Waals surface area contributed by atoms with Gasteiger partial charge in [0.1, 0.15) is 11.8 Å². The average Bonchev–Trinajstić information content (AvgIpc) is 2.17. The highest BCUT2D eigenvalue weighted by Crippen LogP contribution is 2.23. The number of rotatable bonds is 6. The van der Waals surface area contributed by atoms with Gasteiger partial charge in [-0.1, -0.05) is 6.92 Å². The lowest BCUT2D eigenvalue weighted by Gasteiger charge is -2.12. The summed E-state index contributed by atoms with van der Waals surface area (Å²) >= 11 is 0. The lowest BCUT2D eigenvalue weighted by Crippen LogP contribution is -2.32. The first-order valence-corrected chi connectivity index (χ1v) is 4.34. The summed E-state index contributed by atoms with van der Waals surface area (Å²) in [5.41, 5.74) is -1.04. The molecule has 0 fully saturated rings. The number of carbonyl (C=O) groups excluding carboxylic acids is 1. The second kappa shape index (κ2) is 5.43. The Morgan fingerprint density at radius 2 is 1.93 bits per heavy atom. The molecule has 15 heavy (non-hydrogen) atoms. The van der Waals surface area contributed by atoms with Crippen LogP contribution in [0.25, 0.3) is 0 Å². The number of carboxylic acids is 1. The van der Waals surface area contributed by atoms with Crippen LogP contribution in [0.5, 0.6) is 0 Å². The Bertz CT molecular complexity index is 284. The van der Waals surface area contributed by atoms with Crippen molar-refractivity contribution in [3.05, 3.63) is 11.8 Å². The molecule has 6 heteroatoms. The Morgan fingerprint density at radius 3 is 2.27 bits per heavy atom. The van der Waals surface area contributed by atoms with Crippen molar-refractivity contribution in [3.63, 3.8) is 0 Å². The van der Waals surface area contributed by atoms with Crippen LogP contribution in [-0.2, 0) is 14.3 Å². The van der Waals surface area contributed by atoms with Gasteiger partial charge in [-0.15, -0.1) is 0 Å². The van der Waals surface area contributed by atoms with E-state index in [2.05, 4.69) is 4.74 Å². The number of carboxylic acid groups (broad SMARTS) is 1. The summed E-state index contributed by atoms with van der Waals surface area (Å²) in [6.07, 6.45) is -0.198. The van der Waals surface area contributed by atoms with Gasteiger partial charge in [-0.2, -0.15) is 8.78 Å². The van der Waals surface area contributed by atoms with E-state index in [4.69, 9.17) is 5.11 Å². The Hall–Kier alpha value is -1.46. The summed E-state index contributed by atoms with van der Waals surface area (Å²) in [6, 6.07) is 0. The summed E-state index contributed by atoms with van der Waals surface area (Å²) < 4.78 is 30.3. The van der Waals surface area contributed by atoms with E-state index in [-0.39, 0.29) is 6.61 Å². The molecule has 4 nitrogen and oxygen atoms in total. The van der Waals surface area contributed by atoms with Crippen LogP contribution in [0.1, 0.15) is 20.3 Å². The fraction of sp³-hybridized carbons (Fsp3) is 0.556. The molecule has 0 amide bonds. The first kappa shape index (κ1) is 13.5. The first-order valence-electron chi connectivity index (χ1n) is 4.34. The van der Waals surface area contributed by atoms with Gasteiger partial charge in [0.05, 0.1) is 6.61 Å². The number of alkyl halides is 2. The molecule has 0 saturated carbocycles. The Morgan fingerprint density at radius 1 is 1.40 bits per heavy atom. The number of ketones is 1. The molecule has 0 aliphatic carbocycles. The third kappa shape index (κ3) is 3.65. The predicted octanol–water partition coefficient (Wildman–Crippen LogP) is 1.61. The van der Waals surface area contributed by atoms with E-state index < -0.39 is 29.7 Å². The fourth-order valence-electron chi connectivity index (χ4n) is 0.725. The SMILES string of the molecule is CCOC=C(C(=O)O)C(=O)C(F)(F)CC. The van der Waals surface area contributed by atoms with Crippen molar-refractivity contribution in [2.75, 3.05) is 6.61 Å². The lowest BCUT2D eigenvalue weighted by atomic mass is 10.1. The molecule has 0 unspecified atom stereocenters. The van der Waals surface area contributed by atoms with Gasteiger partial charge < -0.3 is 9.84 Å². The molecule has 0 bridgehead atoms. The number of aliphatic carboxylic acids is 1. The van der Waals surface area contributed by atoms with Crippen LogP contribution < -0.4 is 0 Å². The Labute approximate surface area is 85.5 Å². The van der Waals surface area contributed by atoms with E-state index in [1.807, 2.05) is 0 Å². The van der Waals surface area contributed by atoms with E-state index in [0.29, 0.717) is 6.26 Å². The van der Waals surface area contributed by atoms with Gasteiger partial charge in [0.2, 0.25) is 5.78 Å². The number of hydrogen-bond acceptors (Lipinski definition) is 3. The highest BCUT2D eigenvalue weighted by Gasteiger charge is 2.41. The number of carbonyl (C=O) groups is 2. The van der Waals surface area contributed by atoms with Gasteiger partial charge in [0.15, 0.2) is 0 Å².